The largest absolute Gasteiger partial charge is 0.394 e. The quantitative estimate of drug-likeness (QED) is 0.659. The maximum absolute atomic E-state index is 8.96. The lowest BCUT2D eigenvalue weighted by atomic mass is 9.92. The van der Waals surface area contributed by atoms with E-state index in [4.69, 9.17) is 9.84 Å². The summed E-state index contributed by atoms with van der Waals surface area (Å²) in [7, 11) is 0. The third kappa shape index (κ3) is 2.42. The highest BCUT2D eigenvalue weighted by molar-refractivity contribution is 4.97. The fourth-order valence-corrected chi connectivity index (χ4v) is 1.93. The van der Waals surface area contributed by atoms with Crippen molar-refractivity contribution in [2.45, 2.75) is 37.4 Å². The van der Waals surface area contributed by atoms with Crippen molar-refractivity contribution in [3.63, 3.8) is 0 Å². The Morgan fingerprint density at radius 3 is 2.38 bits per heavy atom. The maximum atomic E-state index is 8.96. The number of ether oxygens (including phenoxy) is 1. The Labute approximate surface area is 79.9 Å². The van der Waals surface area contributed by atoms with Crippen LogP contribution in [0.15, 0.2) is 25.3 Å². The van der Waals surface area contributed by atoms with E-state index in [-0.39, 0.29) is 18.3 Å². The normalized spacial score (nSPS) is 25.8. The third-order valence-electron chi connectivity index (χ3n) is 2.57. The summed E-state index contributed by atoms with van der Waals surface area (Å²) in [5.74, 6) is 0. The second kappa shape index (κ2) is 4.58. The summed E-state index contributed by atoms with van der Waals surface area (Å²) >= 11 is 0. The van der Waals surface area contributed by atoms with E-state index in [1.54, 1.807) is 0 Å². The van der Waals surface area contributed by atoms with Gasteiger partial charge in [0.25, 0.3) is 0 Å². The van der Waals surface area contributed by atoms with Crippen LogP contribution in [0, 0.1) is 0 Å². The van der Waals surface area contributed by atoms with Crippen molar-refractivity contribution < 1.29 is 9.84 Å². The van der Waals surface area contributed by atoms with Crippen LogP contribution in [0.5, 0.6) is 0 Å². The Morgan fingerprint density at radius 2 is 2.00 bits per heavy atom. The van der Waals surface area contributed by atoms with Crippen LogP contribution < -0.4 is 0 Å². The fraction of sp³-hybridized carbons (Fsp3) is 0.636. The molecule has 1 aliphatic heterocycles. The fourth-order valence-electron chi connectivity index (χ4n) is 1.93. The number of hydrogen-bond donors (Lipinski definition) is 1. The van der Waals surface area contributed by atoms with Gasteiger partial charge in [-0.15, -0.1) is 13.2 Å². The zero-order chi connectivity index (χ0) is 9.73. The predicted molar refractivity (Wildman–Crippen MR) is 53.6 cm³/mol. The molecule has 0 unspecified atom stereocenters. The van der Waals surface area contributed by atoms with Gasteiger partial charge in [-0.25, -0.2) is 0 Å². The minimum absolute atomic E-state index is 0.0138. The average molecular weight is 182 g/mol. The molecule has 13 heavy (non-hydrogen) atoms. The lowest BCUT2D eigenvalue weighted by Gasteiger charge is -2.26. The molecule has 0 aromatic heterocycles. The molecule has 0 radical (unpaired) electrons. The van der Waals surface area contributed by atoms with Crippen molar-refractivity contribution >= 4 is 0 Å². The van der Waals surface area contributed by atoms with Gasteiger partial charge >= 0.3 is 0 Å². The van der Waals surface area contributed by atoms with Gasteiger partial charge in [-0.1, -0.05) is 12.2 Å². The van der Waals surface area contributed by atoms with Gasteiger partial charge in [0.2, 0.25) is 0 Å². The molecule has 0 aromatic carbocycles. The maximum Gasteiger partial charge on any atom is 0.0814 e. The molecule has 1 N–H and O–H groups in total. The average Bonchev–Trinajstić information content (AvgIpc) is 2.50. The summed E-state index contributed by atoms with van der Waals surface area (Å²) in [6.07, 6.45) is 7.39. The van der Waals surface area contributed by atoms with Gasteiger partial charge in [-0.3, -0.25) is 0 Å². The predicted octanol–water partition coefficient (Wildman–Crippen LogP) is 2.05. The second-order valence-corrected chi connectivity index (χ2v) is 3.63. The molecule has 1 heterocycles. The summed E-state index contributed by atoms with van der Waals surface area (Å²) < 4.78 is 5.79. The lowest BCUT2D eigenvalue weighted by Crippen LogP contribution is -2.28. The van der Waals surface area contributed by atoms with E-state index < -0.39 is 0 Å². The monoisotopic (exact) mass is 182 g/mol. The van der Waals surface area contributed by atoms with E-state index in [0.29, 0.717) is 0 Å². The van der Waals surface area contributed by atoms with Crippen LogP contribution in [-0.2, 0) is 4.74 Å². The van der Waals surface area contributed by atoms with Crippen molar-refractivity contribution in [3.05, 3.63) is 25.3 Å². The lowest BCUT2D eigenvalue weighted by molar-refractivity contribution is -0.0553. The molecule has 0 spiro atoms. The first kappa shape index (κ1) is 10.5. The zero-order valence-electron chi connectivity index (χ0n) is 8.04. The van der Waals surface area contributed by atoms with Crippen LogP contribution >= 0.6 is 0 Å². The molecule has 2 heteroatoms. The van der Waals surface area contributed by atoms with Crippen molar-refractivity contribution in [2.75, 3.05) is 6.61 Å². The molecule has 0 aromatic rings. The van der Waals surface area contributed by atoms with Gasteiger partial charge in [0.1, 0.15) is 0 Å². The topological polar surface area (TPSA) is 29.5 Å². The Balaban J connectivity index is 2.58. The molecule has 0 saturated carbocycles. The first-order valence-corrected chi connectivity index (χ1v) is 4.77. The molecule has 1 saturated heterocycles. The van der Waals surface area contributed by atoms with Crippen LogP contribution in [0.2, 0.25) is 0 Å². The van der Waals surface area contributed by atoms with Crippen molar-refractivity contribution in [1.82, 2.24) is 0 Å². The molecule has 0 amide bonds. The highest BCUT2D eigenvalue weighted by atomic mass is 16.5. The van der Waals surface area contributed by atoms with E-state index in [2.05, 4.69) is 13.2 Å². The van der Waals surface area contributed by atoms with Crippen LogP contribution in [-0.4, -0.2) is 23.4 Å². The molecular formula is C11H18O2. The molecule has 1 aliphatic rings. The summed E-state index contributed by atoms with van der Waals surface area (Å²) in [6.45, 7) is 7.57. The molecule has 1 atom stereocenters. The van der Waals surface area contributed by atoms with Crippen molar-refractivity contribution in [3.8, 4) is 0 Å². The van der Waals surface area contributed by atoms with E-state index in [9.17, 15) is 0 Å². The Morgan fingerprint density at radius 1 is 1.38 bits per heavy atom. The van der Waals surface area contributed by atoms with Gasteiger partial charge in [-0.05, 0) is 25.7 Å². The summed E-state index contributed by atoms with van der Waals surface area (Å²) in [4.78, 5) is 0. The Hall–Kier alpha value is -0.600. The number of hydrogen-bond acceptors (Lipinski definition) is 2. The molecule has 1 fully saturated rings. The van der Waals surface area contributed by atoms with Crippen molar-refractivity contribution in [1.29, 1.82) is 0 Å². The van der Waals surface area contributed by atoms with Gasteiger partial charge in [0.15, 0.2) is 0 Å². The highest BCUT2D eigenvalue weighted by Gasteiger charge is 2.37. The van der Waals surface area contributed by atoms with Crippen LogP contribution in [0.25, 0.3) is 0 Å². The van der Waals surface area contributed by atoms with Crippen LogP contribution in [0.1, 0.15) is 25.7 Å². The van der Waals surface area contributed by atoms with Crippen molar-refractivity contribution in [2.24, 2.45) is 0 Å². The molecule has 0 aliphatic carbocycles. The standard InChI is InChI=1S/C11H18O2/c1-3-6-11(7-4-2)8-5-10(9-12)13-11/h3-4,10,12H,1-2,5-9H2/t10-/m1/s1. The SMILES string of the molecule is C=CCC1(CC=C)CC[C@H](CO)O1. The van der Waals surface area contributed by atoms with Crippen LogP contribution in [0.4, 0.5) is 0 Å². The Kier molecular flexibility index (Phi) is 3.70. The smallest absolute Gasteiger partial charge is 0.0814 e. The summed E-state index contributed by atoms with van der Waals surface area (Å²) in [5, 5.41) is 8.96. The molecule has 1 rings (SSSR count). The molecule has 2 nitrogen and oxygen atoms in total. The molecular weight excluding hydrogens is 164 g/mol. The zero-order valence-corrected chi connectivity index (χ0v) is 8.04. The Bertz CT molecular complexity index is 177. The van der Waals surface area contributed by atoms with Gasteiger partial charge in [0, 0.05) is 0 Å². The van der Waals surface area contributed by atoms with Gasteiger partial charge in [-0.2, -0.15) is 0 Å². The van der Waals surface area contributed by atoms with Crippen LogP contribution in [0.3, 0.4) is 0 Å². The highest BCUT2D eigenvalue weighted by Crippen LogP contribution is 2.36. The number of rotatable bonds is 5. The minimum atomic E-state index is -0.128. The minimum Gasteiger partial charge on any atom is -0.394 e. The summed E-state index contributed by atoms with van der Waals surface area (Å²) in [6, 6.07) is 0. The van der Waals surface area contributed by atoms with Gasteiger partial charge in [0.05, 0.1) is 18.3 Å². The van der Waals surface area contributed by atoms with E-state index in [1.165, 1.54) is 0 Å². The van der Waals surface area contributed by atoms with E-state index >= 15 is 0 Å². The summed E-state index contributed by atoms with van der Waals surface area (Å²) in [5.41, 5.74) is -0.128. The first-order chi connectivity index (χ1) is 6.26. The van der Waals surface area contributed by atoms with E-state index in [0.717, 1.165) is 25.7 Å². The molecule has 0 bridgehead atoms. The third-order valence-corrected chi connectivity index (χ3v) is 2.57. The second-order valence-electron chi connectivity index (χ2n) is 3.63. The first-order valence-electron chi connectivity index (χ1n) is 4.77. The number of aliphatic hydroxyl groups is 1. The molecule has 74 valence electrons. The number of aliphatic hydroxyl groups excluding tert-OH is 1. The van der Waals surface area contributed by atoms with E-state index in [1.807, 2.05) is 12.2 Å². The van der Waals surface area contributed by atoms with Gasteiger partial charge < -0.3 is 9.84 Å².